The Hall–Kier alpha value is -1.46. The first-order valence-corrected chi connectivity index (χ1v) is 7.36. The highest BCUT2D eigenvalue weighted by Gasteiger charge is 2.14. The predicted octanol–water partition coefficient (Wildman–Crippen LogP) is 4.10. The second kappa shape index (κ2) is 5.50. The lowest BCUT2D eigenvalue weighted by atomic mass is 10.3. The summed E-state index contributed by atoms with van der Waals surface area (Å²) in [7, 11) is 0. The van der Waals surface area contributed by atoms with E-state index in [1.165, 1.54) is 12.1 Å². The van der Waals surface area contributed by atoms with Crippen molar-refractivity contribution in [3.8, 4) is 5.69 Å². The van der Waals surface area contributed by atoms with Gasteiger partial charge < -0.3 is 0 Å². The molecule has 6 heteroatoms. The van der Waals surface area contributed by atoms with E-state index in [1.807, 2.05) is 10.6 Å². The van der Waals surface area contributed by atoms with Gasteiger partial charge in [0.25, 0.3) is 0 Å². The Morgan fingerprint density at radius 2 is 2.15 bits per heavy atom. The van der Waals surface area contributed by atoms with Crippen molar-refractivity contribution in [1.82, 2.24) is 14.5 Å². The lowest BCUT2D eigenvalue weighted by Crippen LogP contribution is -2.03. The van der Waals surface area contributed by atoms with Gasteiger partial charge in [-0.3, -0.25) is 9.55 Å². The SMILES string of the molecule is Fc1ccc(-n2c(CCCl)nc3cnccc32)c(Br)c1. The molecule has 0 fully saturated rings. The van der Waals surface area contributed by atoms with E-state index < -0.39 is 0 Å². The maximum atomic E-state index is 13.3. The fourth-order valence-electron chi connectivity index (χ4n) is 2.17. The molecule has 0 atom stereocenters. The lowest BCUT2D eigenvalue weighted by molar-refractivity contribution is 0.626. The van der Waals surface area contributed by atoms with E-state index in [-0.39, 0.29) is 5.82 Å². The predicted molar refractivity (Wildman–Crippen MR) is 80.9 cm³/mol. The first-order valence-electron chi connectivity index (χ1n) is 6.03. The third kappa shape index (κ3) is 2.31. The summed E-state index contributed by atoms with van der Waals surface area (Å²) in [5, 5.41) is 0. The molecule has 0 N–H and O–H groups in total. The average Bonchev–Trinajstić information content (AvgIpc) is 2.78. The second-order valence-corrected chi connectivity index (χ2v) is 5.49. The monoisotopic (exact) mass is 353 g/mol. The zero-order valence-corrected chi connectivity index (χ0v) is 12.7. The van der Waals surface area contributed by atoms with E-state index in [0.717, 1.165) is 22.5 Å². The summed E-state index contributed by atoms with van der Waals surface area (Å²) < 4.78 is 15.9. The Kier molecular flexibility index (Phi) is 3.72. The van der Waals surface area contributed by atoms with Crippen LogP contribution in [0.5, 0.6) is 0 Å². The van der Waals surface area contributed by atoms with Crippen molar-refractivity contribution in [3.63, 3.8) is 0 Å². The molecule has 0 radical (unpaired) electrons. The molecule has 0 amide bonds. The Bertz CT molecular complexity index is 772. The van der Waals surface area contributed by atoms with Crippen LogP contribution in [-0.4, -0.2) is 20.4 Å². The molecular weight excluding hydrogens is 345 g/mol. The summed E-state index contributed by atoms with van der Waals surface area (Å²) in [6.07, 6.45) is 4.05. The fraction of sp³-hybridized carbons (Fsp3) is 0.143. The van der Waals surface area contributed by atoms with Gasteiger partial charge in [0.1, 0.15) is 17.2 Å². The zero-order chi connectivity index (χ0) is 14.1. The third-order valence-electron chi connectivity index (χ3n) is 2.99. The van der Waals surface area contributed by atoms with Crippen molar-refractivity contribution in [2.24, 2.45) is 0 Å². The van der Waals surface area contributed by atoms with Gasteiger partial charge in [-0.15, -0.1) is 11.6 Å². The van der Waals surface area contributed by atoms with Crippen LogP contribution >= 0.6 is 27.5 Å². The van der Waals surface area contributed by atoms with E-state index >= 15 is 0 Å². The van der Waals surface area contributed by atoms with Crippen molar-refractivity contribution in [2.45, 2.75) is 6.42 Å². The average molecular weight is 355 g/mol. The number of hydrogen-bond acceptors (Lipinski definition) is 2. The van der Waals surface area contributed by atoms with Crippen LogP contribution in [0.2, 0.25) is 0 Å². The number of rotatable bonds is 3. The maximum Gasteiger partial charge on any atom is 0.124 e. The summed E-state index contributed by atoms with van der Waals surface area (Å²) >= 11 is 9.25. The molecule has 0 aliphatic heterocycles. The molecule has 0 spiro atoms. The number of pyridine rings is 1. The van der Waals surface area contributed by atoms with E-state index in [9.17, 15) is 4.39 Å². The third-order valence-corrected chi connectivity index (χ3v) is 3.82. The number of benzene rings is 1. The molecule has 2 aromatic heterocycles. The number of aryl methyl sites for hydroxylation is 1. The summed E-state index contributed by atoms with van der Waals surface area (Å²) in [4.78, 5) is 8.62. The van der Waals surface area contributed by atoms with Gasteiger partial charge in [0.15, 0.2) is 0 Å². The van der Waals surface area contributed by atoms with Crippen molar-refractivity contribution in [1.29, 1.82) is 0 Å². The minimum atomic E-state index is -0.286. The van der Waals surface area contributed by atoms with Crippen molar-refractivity contribution < 1.29 is 4.39 Å². The zero-order valence-electron chi connectivity index (χ0n) is 10.4. The number of imidazole rings is 1. The quantitative estimate of drug-likeness (QED) is 0.663. The Morgan fingerprint density at radius 3 is 2.90 bits per heavy atom. The molecule has 0 saturated carbocycles. The number of hydrogen-bond donors (Lipinski definition) is 0. The number of aromatic nitrogens is 3. The normalized spacial score (nSPS) is 11.2. The molecule has 1 aromatic carbocycles. The van der Waals surface area contributed by atoms with E-state index in [2.05, 4.69) is 25.9 Å². The number of halogens is 3. The van der Waals surface area contributed by atoms with Crippen LogP contribution in [-0.2, 0) is 6.42 Å². The largest absolute Gasteiger partial charge is 0.295 e. The van der Waals surface area contributed by atoms with Crippen LogP contribution in [0, 0.1) is 5.82 Å². The minimum Gasteiger partial charge on any atom is -0.295 e. The molecule has 3 nitrogen and oxygen atoms in total. The van der Waals surface area contributed by atoms with Gasteiger partial charge >= 0.3 is 0 Å². The molecule has 2 heterocycles. The Labute approximate surface area is 128 Å². The number of fused-ring (bicyclic) bond motifs is 1. The Morgan fingerprint density at radius 1 is 1.30 bits per heavy atom. The van der Waals surface area contributed by atoms with Crippen LogP contribution in [0.15, 0.2) is 41.1 Å². The molecule has 0 unspecified atom stereocenters. The fourth-order valence-corrected chi connectivity index (χ4v) is 2.86. The molecule has 0 aliphatic carbocycles. The van der Waals surface area contributed by atoms with E-state index in [1.54, 1.807) is 18.5 Å². The van der Waals surface area contributed by atoms with Gasteiger partial charge in [-0.2, -0.15) is 0 Å². The first kappa shape index (κ1) is 13.5. The highest BCUT2D eigenvalue weighted by atomic mass is 79.9. The van der Waals surface area contributed by atoms with Crippen LogP contribution in [0.3, 0.4) is 0 Å². The molecule has 0 bridgehead atoms. The highest BCUT2D eigenvalue weighted by Crippen LogP contribution is 2.27. The summed E-state index contributed by atoms with van der Waals surface area (Å²) in [5.41, 5.74) is 2.55. The van der Waals surface area contributed by atoms with Gasteiger partial charge in [0.05, 0.1) is 17.4 Å². The van der Waals surface area contributed by atoms with E-state index in [4.69, 9.17) is 11.6 Å². The minimum absolute atomic E-state index is 0.286. The highest BCUT2D eigenvalue weighted by molar-refractivity contribution is 9.10. The molecule has 20 heavy (non-hydrogen) atoms. The van der Waals surface area contributed by atoms with Gasteiger partial charge in [0.2, 0.25) is 0 Å². The maximum absolute atomic E-state index is 13.3. The van der Waals surface area contributed by atoms with Crippen molar-refractivity contribution >= 4 is 38.6 Å². The van der Waals surface area contributed by atoms with Crippen LogP contribution in [0.4, 0.5) is 4.39 Å². The van der Waals surface area contributed by atoms with Crippen LogP contribution in [0.25, 0.3) is 16.7 Å². The molecule has 0 saturated heterocycles. The standard InChI is InChI=1S/C14H10BrClFN3/c15-10-7-9(17)1-2-12(10)20-13-4-6-18-8-11(13)19-14(20)3-5-16/h1-2,4,6-8H,3,5H2. The summed E-state index contributed by atoms with van der Waals surface area (Å²) in [6, 6.07) is 6.47. The van der Waals surface area contributed by atoms with Gasteiger partial charge in [-0.1, -0.05) is 0 Å². The molecule has 102 valence electrons. The Balaban J connectivity index is 2.30. The van der Waals surface area contributed by atoms with E-state index in [0.29, 0.717) is 16.8 Å². The van der Waals surface area contributed by atoms with Gasteiger partial charge in [0, 0.05) is 23.0 Å². The van der Waals surface area contributed by atoms with Crippen LogP contribution in [0.1, 0.15) is 5.82 Å². The van der Waals surface area contributed by atoms with Gasteiger partial charge in [-0.25, -0.2) is 9.37 Å². The number of nitrogens with zero attached hydrogens (tertiary/aromatic N) is 3. The molecule has 3 rings (SSSR count). The first-order chi connectivity index (χ1) is 9.70. The molecular formula is C14H10BrClFN3. The second-order valence-electron chi connectivity index (χ2n) is 4.26. The topological polar surface area (TPSA) is 30.7 Å². The van der Waals surface area contributed by atoms with Crippen molar-refractivity contribution in [3.05, 3.63) is 52.8 Å². The number of alkyl halides is 1. The summed E-state index contributed by atoms with van der Waals surface area (Å²) in [5.74, 6) is 1.01. The summed E-state index contributed by atoms with van der Waals surface area (Å²) in [6.45, 7) is 0. The van der Waals surface area contributed by atoms with Gasteiger partial charge in [-0.05, 0) is 40.2 Å². The molecule has 0 aliphatic rings. The smallest absolute Gasteiger partial charge is 0.124 e. The lowest BCUT2D eigenvalue weighted by Gasteiger charge is -2.10. The van der Waals surface area contributed by atoms with Crippen LogP contribution < -0.4 is 0 Å². The van der Waals surface area contributed by atoms with Crippen molar-refractivity contribution in [2.75, 3.05) is 5.88 Å². The molecule has 3 aromatic rings.